The highest BCUT2D eigenvalue weighted by atomic mass is 16.5. The van der Waals surface area contributed by atoms with E-state index in [0.29, 0.717) is 35.1 Å². The zero-order valence-electron chi connectivity index (χ0n) is 18.8. The molecule has 2 aromatic rings. The van der Waals surface area contributed by atoms with E-state index in [1.54, 1.807) is 38.6 Å². The van der Waals surface area contributed by atoms with Crippen LogP contribution in [-0.4, -0.2) is 73.3 Å². The van der Waals surface area contributed by atoms with E-state index in [4.69, 9.17) is 9.47 Å². The molecule has 4 rings (SSSR count). The standard InChI is InChI=1S/C23H28N6O4/c1-3-33-21(30)19-17(15-28-11-13-29(14-12-28)22-24-9-6-10-25-22)26-23(31)27-20(19)16-7-4-5-8-18(16)32-2/h4-10,20H,3,11-15H2,1-2H3,(H2,26,27,31)/t20-/m0/s1. The molecule has 2 N–H and O–H groups in total. The summed E-state index contributed by atoms with van der Waals surface area (Å²) in [5.74, 6) is 0.824. The van der Waals surface area contributed by atoms with Crippen molar-refractivity contribution in [2.45, 2.75) is 13.0 Å². The van der Waals surface area contributed by atoms with Gasteiger partial charge in [-0.15, -0.1) is 0 Å². The third-order valence-corrected chi connectivity index (χ3v) is 5.69. The van der Waals surface area contributed by atoms with Crippen LogP contribution in [0.2, 0.25) is 0 Å². The topological polar surface area (TPSA) is 109 Å². The third-order valence-electron chi connectivity index (χ3n) is 5.69. The maximum atomic E-state index is 13.0. The lowest BCUT2D eigenvalue weighted by Gasteiger charge is -2.37. The van der Waals surface area contributed by atoms with E-state index in [-0.39, 0.29) is 12.6 Å². The molecule has 0 unspecified atom stereocenters. The average molecular weight is 453 g/mol. The number of piperazine rings is 1. The van der Waals surface area contributed by atoms with Gasteiger partial charge in [0.15, 0.2) is 0 Å². The Morgan fingerprint density at radius 2 is 1.85 bits per heavy atom. The molecule has 0 bridgehead atoms. The summed E-state index contributed by atoms with van der Waals surface area (Å²) < 4.78 is 10.9. The SMILES string of the molecule is CCOC(=O)C1=C(CN2CCN(c3ncccn3)CC2)NC(=O)N[C@H]1c1ccccc1OC. The van der Waals surface area contributed by atoms with Crippen molar-refractivity contribution in [3.8, 4) is 5.75 Å². The fourth-order valence-corrected chi connectivity index (χ4v) is 4.11. The fourth-order valence-electron chi connectivity index (χ4n) is 4.11. The van der Waals surface area contributed by atoms with Crippen LogP contribution in [0.15, 0.2) is 54.0 Å². The molecular weight excluding hydrogens is 424 g/mol. The monoisotopic (exact) mass is 452 g/mol. The van der Waals surface area contributed by atoms with Crippen molar-refractivity contribution in [3.05, 3.63) is 59.6 Å². The van der Waals surface area contributed by atoms with Gasteiger partial charge in [0.25, 0.3) is 0 Å². The Morgan fingerprint density at radius 3 is 2.55 bits per heavy atom. The maximum absolute atomic E-state index is 13.0. The number of nitrogens with one attached hydrogen (secondary N) is 2. The number of ether oxygens (including phenoxy) is 2. The molecule has 0 saturated carbocycles. The number of esters is 1. The molecule has 2 aliphatic rings. The van der Waals surface area contributed by atoms with Crippen molar-refractivity contribution in [1.29, 1.82) is 0 Å². The fraction of sp³-hybridized carbons (Fsp3) is 0.391. The summed E-state index contributed by atoms with van der Waals surface area (Å²) in [6, 6.07) is 8.07. The van der Waals surface area contributed by atoms with Gasteiger partial charge < -0.3 is 25.0 Å². The number of amides is 2. The first kappa shape index (κ1) is 22.5. The van der Waals surface area contributed by atoms with Gasteiger partial charge in [-0.25, -0.2) is 19.6 Å². The summed E-state index contributed by atoms with van der Waals surface area (Å²) in [5, 5.41) is 5.70. The second-order valence-corrected chi connectivity index (χ2v) is 7.70. The summed E-state index contributed by atoms with van der Waals surface area (Å²) >= 11 is 0. The van der Waals surface area contributed by atoms with E-state index in [1.165, 1.54) is 0 Å². The van der Waals surface area contributed by atoms with Crippen molar-refractivity contribution in [3.63, 3.8) is 0 Å². The highest BCUT2D eigenvalue weighted by Gasteiger charge is 2.36. The van der Waals surface area contributed by atoms with Crippen LogP contribution in [0.25, 0.3) is 0 Å². The number of methoxy groups -OCH3 is 1. The Labute approximate surface area is 192 Å². The molecule has 0 spiro atoms. The average Bonchev–Trinajstić information content (AvgIpc) is 2.84. The van der Waals surface area contributed by atoms with Gasteiger partial charge >= 0.3 is 12.0 Å². The number of para-hydroxylation sites is 1. The minimum absolute atomic E-state index is 0.234. The van der Waals surface area contributed by atoms with Crippen LogP contribution in [0.3, 0.4) is 0 Å². The van der Waals surface area contributed by atoms with Gasteiger partial charge in [0.1, 0.15) is 5.75 Å². The van der Waals surface area contributed by atoms with Crippen LogP contribution >= 0.6 is 0 Å². The van der Waals surface area contributed by atoms with Crippen molar-refractivity contribution in [2.24, 2.45) is 0 Å². The van der Waals surface area contributed by atoms with Crippen molar-refractivity contribution >= 4 is 17.9 Å². The maximum Gasteiger partial charge on any atom is 0.338 e. The van der Waals surface area contributed by atoms with Gasteiger partial charge in [-0.1, -0.05) is 18.2 Å². The van der Waals surface area contributed by atoms with Crippen molar-refractivity contribution < 1.29 is 19.1 Å². The van der Waals surface area contributed by atoms with Crippen molar-refractivity contribution in [1.82, 2.24) is 25.5 Å². The first-order valence-corrected chi connectivity index (χ1v) is 11.0. The third kappa shape index (κ3) is 5.06. The Balaban J connectivity index is 1.59. The Kier molecular flexibility index (Phi) is 7.04. The second-order valence-electron chi connectivity index (χ2n) is 7.70. The molecule has 2 aliphatic heterocycles. The molecule has 1 aromatic carbocycles. The molecule has 1 aromatic heterocycles. The molecule has 0 aliphatic carbocycles. The normalized spacial score (nSPS) is 19.0. The molecule has 10 heteroatoms. The van der Waals surface area contributed by atoms with Crippen LogP contribution in [0, 0.1) is 0 Å². The number of hydrogen-bond acceptors (Lipinski definition) is 8. The zero-order chi connectivity index (χ0) is 23.2. The number of aromatic nitrogens is 2. The molecular formula is C23H28N6O4. The summed E-state index contributed by atoms with van der Waals surface area (Å²) in [7, 11) is 1.56. The first-order valence-electron chi connectivity index (χ1n) is 11.0. The number of anilines is 1. The molecule has 1 saturated heterocycles. The lowest BCUT2D eigenvalue weighted by Crippen LogP contribution is -2.52. The Bertz CT molecular complexity index is 1020. The molecule has 33 heavy (non-hydrogen) atoms. The quantitative estimate of drug-likeness (QED) is 0.608. The molecule has 3 heterocycles. The second kappa shape index (κ2) is 10.3. The van der Waals surface area contributed by atoms with Gasteiger partial charge in [-0.2, -0.15) is 0 Å². The molecule has 0 radical (unpaired) electrons. The molecule has 10 nitrogen and oxygen atoms in total. The summed E-state index contributed by atoms with van der Waals surface area (Å²) in [6.07, 6.45) is 3.46. The smallest absolute Gasteiger partial charge is 0.338 e. The van der Waals surface area contributed by atoms with Crippen LogP contribution in [-0.2, 0) is 9.53 Å². The number of hydrogen-bond donors (Lipinski definition) is 2. The van der Waals surface area contributed by atoms with Crippen LogP contribution in [0.4, 0.5) is 10.7 Å². The number of nitrogens with zero attached hydrogens (tertiary/aromatic N) is 4. The van der Waals surface area contributed by atoms with E-state index < -0.39 is 12.0 Å². The minimum atomic E-state index is -0.678. The largest absolute Gasteiger partial charge is 0.496 e. The van der Waals surface area contributed by atoms with Crippen molar-refractivity contribution in [2.75, 3.05) is 51.3 Å². The van der Waals surface area contributed by atoms with Gasteiger partial charge in [-0.3, -0.25) is 4.90 Å². The minimum Gasteiger partial charge on any atom is -0.496 e. The van der Waals surface area contributed by atoms with Gasteiger partial charge in [0.2, 0.25) is 5.95 Å². The number of benzene rings is 1. The van der Waals surface area contributed by atoms with Crippen LogP contribution in [0.5, 0.6) is 5.75 Å². The van der Waals surface area contributed by atoms with E-state index in [0.717, 1.165) is 26.2 Å². The number of rotatable bonds is 7. The lowest BCUT2D eigenvalue weighted by molar-refractivity contribution is -0.139. The predicted molar refractivity (Wildman–Crippen MR) is 122 cm³/mol. The Morgan fingerprint density at radius 1 is 1.12 bits per heavy atom. The predicted octanol–water partition coefficient (Wildman–Crippen LogP) is 1.48. The Hall–Kier alpha value is -3.66. The van der Waals surface area contributed by atoms with E-state index in [9.17, 15) is 9.59 Å². The van der Waals surface area contributed by atoms with Crippen LogP contribution in [0.1, 0.15) is 18.5 Å². The first-order chi connectivity index (χ1) is 16.1. The van der Waals surface area contributed by atoms with Crippen LogP contribution < -0.4 is 20.3 Å². The van der Waals surface area contributed by atoms with E-state index in [2.05, 4.69) is 30.4 Å². The van der Waals surface area contributed by atoms with E-state index in [1.807, 2.05) is 18.2 Å². The number of urea groups is 1. The molecule has 1 atom stereocenters. The highest BCUT2D eigenvalue weighted by Crippen LogP contribution is 2.33. The number of carbonyl (C=O) groups excluding carboxylic acids is 2. The number of carbonyl (C=O) groups is 2. The molecule has 174 valence electrons. The van der Waals surface area contributed by atoms with Gasteiger partial charge in [0, 0.05) is 56.4 Å². The lowest BCUT2D eigenvalue weighted by atomic mass is 9.94. The van der Waals surface area contributed by atoms with Gasteiger partial charge in [-0.05, 0) is 19.1 Å². The highest BCUT2D eigenvalue weighted by molar-refractivity contribution is 5.95. The van der Waals surface area contributed by atoms with Gasteiger partial charge in [0.05, 0.1) is 25.3 Å². The molecule has 1 fully saturated rings. The summed E-state index contributed by atoms with van der Waals surface area (Å²) in [4.78, 5) is 38.5. The van der Waals surface area contributed by atoms with E-state index >= 15 is 0 Å². The zero-order valence-corrected chi connectivity index (χ0v) is 18.8. The summed E-state index contributed by atoms with van der Waals surface area (Å²) in [5.41, 5.74) is 1.62. The summed E-state index contributed by atoms with van der Waals surface area (Å²) in [6.45, 7) is 5.37. The molecule has 2 amide bonds.